The van der Waals surface area contributed by atoms with Crippen molar-refractivity contribution in [1.82, 2.24) is 14.3 Å². The Morgan fingerprint density at radius 1 is 1.24 bits per heavy atom. The monoisotopic (exact) mass is 338 g/mol. The van der Waals surface area contributed by atoms with Crippen molar-refractivity contribution in [3.05, 3.63) is 54.9 Å². The molecule has 0 aliphatic carbocycles. The smallest absolute Gasteiger partial charge is 0.290 e. The number of furan rings is 1. The van der Waals surface area contributed by atoms with Crippen molar-refractivity contribution in [3.63, 3.8) is 0 Å². The number of anilines is 1. The predicted octanol–water partition coefficient (Wildman–Crippen LogP) is 2.56. The highest BCUT2D eigenvalue weighted by atomic mass is 16.3. The number of hydrogen-bond acceptors (Lipinski definition) is 4. The number of likely N-dealkylation sites (tertiary alicyclic amines) is 1. The van der Waals surface area contributed by atoms with Gasteiger partial charge in [0.25, 0.3) is 5.91 Å². The van der Waals surface area contributed by atoms with Crippen LogP contribution in [0.3, 0.4) is 0 Å². The molecule has 0 radical (unpaired) electrons. The Morgan fingerprint density at radius 2 is 2.16 bits per heavy atom. The third-order valence-electron chi connectivity index (χ3n) is 4.45. The maximum absolute atomic E-state index is 12.8. The van der Waals surface area contributed by atoms with E-state index >= 15 is 0 Å². The van der Waals surface area contributed by atoms with Crippen LogP contribution in [0.2, 0.25) is 0 Å². The highest BCUT2D eigenvalue weighted by Crippen LogP contribution is 2.21. The minimum absolute atomic E-state index is 0.181. The first-order valence-electron chi connectivity index (χ1n) is 8.30. The van der Waals surface area contributed by atoms with Gasteiger partial charge in [-0.05, 0) is 43.5 Å². The number of nitrogens with zero attached hydrogens (tertiary/aromatic N) is 3. The number of nitrogens with one attached hydrogen (secondary N) is 1. The molecule has 0 saturated carbocycles. The van der Waals surface area contributed by atoms with Gasteiger partial charge in [0, 0.05) is 25.1 Å². The summed E-state index contributed by atoms with van der Waals surface area (Å²) in [5.74, 6) is -0.159. The number of amides is 2. The number of piperidine rings is 1. The highest BCUT2D eigenvalue weighted by Gasteiger charge is 2.33. The van der Waals surface area contributed by atoms with E-state index in [0.29, 0.717) is 18.7 Å². The van der Waals surface area contributed by atoms with Gasteiger partial charge in [-0.3, -0.25) is 9.59 Å². The zero-order valence-corrected chi connectivity index (χ0v) is 13.6. The van der Waals surface area contributed by atoms with Crippen LogP contribution in [0.1, 0.15) is 29.8 Å². The topological polar surface area (TPSA) is 79.9 Å². The van der Waals surface area contributed by atoms with E-state index in [1.807, 2.05) is 28.9 Å². The van der Waals surface area contributed by atoms with E-state index in [4.69, 9.17) is 4.42 Å². The Morgan fingerprint density at radius 3 is 3.00 bits per heavy atom. The van der Waals surface area contributed by atoms with Gasteiger partial charge in [-0.2, -0.15) is 0 Å². The minimum atomic E-state index is -0.496. The lowest BCUT2D eigenvalue weighted by molar-refractivity contribution is -0.121. The van der Waals surface area contributed by atoms with Gasteiger partial charge in [0.05, 0.1) is 12.0 Å². The van der Waals surface area contributed by atoms with Crippen LogP contribution < -0.4 is 5.32 Å². The van der Waals surface area contributed by atoms with Gasteiger partial charge in [-0.15, -0.1) is 0 Å². The van der Waals surface area contributed by atoms with Crippen molar-refractivity contribution >= 4 is 23.1 Å². The van der Waals surface area contributed by atoms with Crippen LogP contribution in [0.4, 0.5) is 5.69 Å². The molecule has 0 spiro atoms. The zero-order chi connectivity index (χ0) is 17.2. The van der Waals surface area contributed by atoms with Gasteiger partial charge in [0.1, 0.15) is 11.7 Å². The molecule has 128 valence electrons. The second kappa shape index (κ2) is 6.43. The lowest BCUT2D eigenvalue weighted by Gasteiger charge is -2.34. The van der Waals surface area contributed by atoms with Gasteiger partial charge < -0.3 is 19.0 Å². The Hall–Kier alpha value is -3.09. The van der Waals surface area contributed by atoms with E-state index in [1.165, 1.54) is 6.26 Å². The molecule has 1 unspecified atom stereocenters. The second-order valence-corrected chi connectivity index (χ2v) is 6.09. The summed E-state index contributed by atoms with van der Waals surface area (Å²) >= 11 is 0. The molecule has 3 aromatic heterocycles. The molecule has 25 heavy (non-hydrogen) atoms. The first-order chi connectivity index (χ1) is 12.2. The van der Waals surface area contributed by atoms with Gasteiger partial charge in [-0.25, -0.2) is 4.98 Å². The van der Waals surface area contributed by atoms with Crippen LogP contribution in [-0.2, 0) is 4.79 Å². The van der Waals surface area contributed by atoms with Crippen LogP contribution in [-0.4, -0.2) is 38.7 Å². The molecule has 1 aliphatic rings. The van der Waals surface area contributed by atoms with Crippen molar-refractivity contribution in [1.29, 1.82) is 0 Å². The van der Waals surface area contributed by atoms with Gasteiger partial charge in [0.2, 0.25) is 5.91 Å². The predicted molar refractivity (Wildman–Crippen MR) is 91.2 cm³/mol. The third kappa shape index (κ3) is 3.00. The molecule has 1 N–H and O–H groups in total. The molecule has 7 heteroatoms. The molecular weight excluding hydrogens is 320 g/mol. The molecule has 0 bridgehead atoms. The highest BCUT2D eigenvalue weighted by molar-refractivity contribution is 6.00. The van der Waals surface area contributed by atoms with Crippen LogP contribution in [0.15, 0.2) is 53.5 Å². The maximum atomic E-state index is 12.8. The number of fused-ring (bicyclic) bond motifs is 1. The SMILES string of the molecule is O=C(Nc1ccc2nccn2c1)C1CCCCN1C(=O)c1ccco1. The van der Waals surface area contributed by atoms with Gasteiger partial charge in [-0.1, -0.05) is 0 Å². The van der Waals surface area contributed by atoms with Crippen LogP contribution in [0, 0.1) is 0 Å². The van der Waals surface area contributed by atoms with Crippen molar-refractivity contribution in [3.8, 4) is 0 Å². The summed E-state index contributed by atoms with van der Waals surface area (Å²) in [4.78, 5) is 31.2. The number of carbonyl (C=O) groups is 2. The summed E-state index contributed by atoms with van der Waals surface area (Å²) in [6.45, 7) is 0.554. The molecule has 3 aromatic rings. The Kier molecular flexibility index (Phi) is 3.97. The summed E-state index contributed by atoms with van der Waals surface area (Å²) in [6, 6.07) is 6.44. The summed E-state index contributed by atoms with van der Waals surface area (Å²) in [7, 11) is 0. The largest absolute Gasteiger partial charge is 0.459 e. The molecule has 4 rings (SSSR count). The Labute approximate surface area is 144 Å². The number of pyridine rings is 1. The fourth-order valence-corrected chi connectivity index (χ4v) is 3.21. The fraction of sp³-hybridized carbons (Fsp3) is 0.278. The van der Waals surface area contributed by atoms with Gasteiger partial charge in [0.15, 0.2) is 5.76 Å². The van der Waals surface area contributed by atoms with E-state index in [1.54, 1.807) is 23.2 Å². The summed E-state index contributed by atoms with van der Waals surface area (Å²) in [5.41, 5.74) is 1.48. The standard InChI is InChI=1S/C18H18N4O3/c23-17(20-13-6-7-16-19-8-10-21(16)12-13)14-4-1-2-9-22(14)18(24)15-5-3-11-25-15/h3,5-8,10-12,14H,1-2,4,9H2,(H,20,23). The lowest BCUT2D eigenvalue weighted by Crippen LogP contribution is -2.49. The molecule has 1 fully saturated rings. The number of carbonyl (C=O) groups excluding carboxylic acids is 2. The average Bonchev–Trinajstić information content (AvgIpc) is 3.32. The van der Waals surface area contributed by atoms with E-state index in [9.17, 15) is 9.59 Å². The number of aromatic nitrogens is 2. The minimum Gasteiger partial charge on any atom is -0.459 e. The second-order valence-electron chi connectivity index (χ2n) is 6.09. The molecule has 1 atom stereocenters. The van der Waals surface area contributed by atoms with E-state index in [2.05, 4.69) is 10.3 Å². The van der Waals surface area contributed by atoms with E-state index < -0.39 is 6.04 Å². The normalized spacial score (nSPS) is 17.6. The summed E-state index contributed by atoms with van der Waals surface area (Å²) < 4.78 is 7.04. The molecule has 0 aromatic carbocycles. The quantitative estimate of drug-likeness (QED) is 0.796. The van der Waals surface area contributed by atoms with Crippen LogP contribution in [0.5, 0.6) is 0 Å². The van der Waals surface area contributed by atoms with E-state index in [-0.39, 0.29) is 17.6 Å². The molecule has 4 heterocycles. The van der Waals surface area contributed by atoms with Crippen molar-refractivity contribution < 1.29 is 14.0 Å². The lowest BCUT2D eigenvalue weighted by atomic mass is 10.0. The Bertz CT molecular complexity index is 900. The van der Waals surface area contributed by atoms with Crippen molar-refractivity contribution in [2.24, 2.45) is 0 Å². The Balaban J connectivity index is 1.53. The maximum Gasteiger partial charge on any atom is 0.290 e. The number of hydrogen-bond donors (Lipinski definition) is 1. The molecule has 2 amide bonds. The third-order valence-corrected chi connectivity index (χ3v) is 4.45. The molecule has 1 saturated heterocycles. The fourth-order valence-electron chi connectivity index (χ4n) is 3.21. The van der Waals surface area contributed by atoms with Crippen LogP contribution >= 0.6 is 0 Å². The number of imidazole rings is 1. The van der Waals surface area contributed by atoms with Crippen LogP contribution in [0.25, 0.3) is 5.65 Å². The van der Waals surface area contributed by atoms with Crippen molar-refractivity contribution in [2.45, 2.75) is 25.3 Å². The van der Waals surface area contributed by atoms with Crippen molar-refractivity contribution in [2.75, 3.05) is 11.9 Å². The first kappa shape index (κ1) is 15.4. The zero-order valence-electron chi connectivity index (χ0n) is 13.6. The van der Waals surface area contributed by atoms with Gasteiger partial charge >= 0.3 is 0 Å². The summed E-state index contributed by atoms with van der Waals surface area (Å²) in [6.07, 6.45) is 9.24. The number of rotatable bonds is 3. The molecule has 7 nitrogen and oxygen atoms in total. The molecular formula is C18H18N4O3. The average molecular weight is 338 g/mol. The first-order valence-corrected chi connectivity index (χ1v) is 8.30. The summed E-state index contributed by atoms with van der Waals surface area (Å²) in [5, 5.41) is 2.91. The van der Waals surface area contributed by atoms with E-state index in [0.717, 1.165) is 18.5 Å². The molecule has 1 aliphatic heterocycles.